The van der Waals surface area contributed by atoms with Crippen molar-refractivity contribution in [1.82, 2.24) is 14.9 Å². The molecule has 0 fully saturated rings. The molecule has 1 aromatic carbocycles. The number of fused-ring (bicyclic) bond motifs is 1. The van der Waals surface area contributed by atoms with Crippen molar-refractivity contribution >= 4 is 28.5 Å². The number of nitrogens with one attached hydrogen (secondary N) is 1. The Kier molecular flexibility index (Phi) is 3.98. The molecule has 0 saturated carbocycles. The van der Waals surface area contributed by atoms with E-state index in [0.29, 0.717) is 6.54 Å². The van der Waals surface area contributed by atoms with E-state index in [-0.39, 0.29) is 11.8 Å². The van der Waals surface area contributed by atoms with Crippen molar-refractivity contribution in [1.29, 1.82) is 0 Å². The number of alkyl halides is 1. The smallest absolute Gasteiger partial charge is 0.234 e. The molecule has 0 radical (unpaired) electrons. The van der Waals surface area contributed by atoms with Gasteiger partial charge in [0.1, 0.15) is 5.88 Å². The molecule has 1 aromatic heterocycles. The van der Waals surface area contributed by atoms with Crippen LogP contribution in [0.15, 0.2) is 30.6 Å². The van der Waals surface area contributed by atoms with Gasteiger partial charge >= 0.3 is 0 Å². The molecule has 0 aliphatic heterocycles. The van der Waals surface area contributed by atoms with Crippen molar-refractivity contribution in [2.45, 2.75) is 13.0 Å². The average Bonchev–Trinajstić information content (AvgIpc) is 2.78. The second-order valence-electron chi connectivity index (χ2n) is 3.76. The fourth-order valence-corrected chi connectivity index (χ4v) is 1.81. The average molecular weight is 252 g/mol. The molecule has 0 bridgehead atoms. The molecule has 90 valence electrons. The fraction of sp³-hybridized carbons (Fsp3) is 0.333. The zero-order valence-electron chi connectivity index (χ0n) is 9.40. The van der Waals surface area contributed by atoms with Crippen LogP contribution in [-0.2, 0) is 11.3 Å². The molecule has 0 unspecified atom stereocenters. The molecular weight excluding hydrogens is 238 g/mol. The molecule has 5 heteroatoms. The maximum absolute atomic E-state index is 10.9. The standard InChI is InChI=1S/C12H14ClN3O/c13-8-12(17)14-6-3-7-16-9-15-10-4-1-2-5-11(10)16/h1-2,4-5,9H,3,6-8H2,(H,14,17). The monoisotopic (exact) mass is 251 g/mol. The van der Waals surface area contributed by atoms with E-state index in [1.807, 2.05) is 30.6 Å². The summed E-state index contributed by atoms with van der Waals surface area (Å²) >= 11 is 5.38. The molecule has 4 nitrogen and oxygen atoms in total. The van der Waals surface area contributed by atoms with Gasteiger partial charge in [0, 0.05) is 13.1 Å². The number of carbonyl (C=O) groups excluding carboxylic acids is 1. The highest BCUT2D eigenvalue weighted by Gasteiger charge is 2.01. The molecule has 17 heavy (non-hydrogen) atoms. The van der Waals surface area contributed by atoms with Crippen molar-refractivity contribution in [3.8, 4) is 0 Å². The summed E-state index contributed by atoms with van der Waals surface area (Å²) in [4.78, 5) is 15.2. The summed E-state index contributed by atoms with van der Waals surface area (Å²) in [5, 5.41) is 2.74. The first-order valence-corrected chi connectivity index (χ1v) is 6.07. The normalized spacial score (nSPS) is 10.6. The van der Waals surface area contributed by atoms with Gasteiger partial charge in [0.15, 0.2) is 0 Å². The highest BCUT2D eigenvalue weighted by molar-refractivity contribution is 6.27. The lowest BCUT2D eigenvalue weighted by molar-refractivity contribution is -0.118. The predicted molar refractivity (Wildman–Crippen MR) is 68.1 cm³/mol. The molecule has 2 aromatic rings. The summed E-state index contributed by atoms with van der Waals surface area (Å²) in [5.41, 5.74) is 2.12. The van der Waals surface area contributed by atoms with E-state index in [9.17, 15) is 4.79 Å². The largest absolute Gasteiger partial charge is 0.355 e. The van der Waals surface area contributed by atoms with Crippen LogP contribution in [0.4, 0.5) is 0 Å². The first kappa shape index (κ1) is 11.9. The SMILES string of the molecule is O=C(CCl)NCCCn1cnc2ccccc21. The minimum Gasteiger partial charge on any atom is -0.355 e. The second kappa shape index (κ2) is 5.68. The second-order valence-corrected chi connectivity index (χ2v) is 4.03. The lowest BCUT2D eigenvalue weighted by atomic mass is 10.3. The van der Waals surface area contributed by atoms with Crippen LogP contribution >= 0.6 is 11.6 Å². The van der Waals surface area contributed by atoms with E-state index in [0.717, 1.165) is 24.0 Å². The zero-order chi connectivity index (χ0) is 12.1. The number of rotatable bonds is 5. The topological polar surface area (TPSA) is 46.9 Å². The van der Waals surface area contributed by atoms with Crippen molar-refractivity contribution in [3.63, 3.8) is 0 Å². The van der Waals surface area contributed by atoms with Gasteiger partial charge in [-0.1, -0.05) is 12.1 Å². The molecular formula is C12H14ClN3O. The lowest BCUT2D eigenvalue weighted by Gasteiger charge is -2.05. The van der Waals surface area contributed by atoms with Crippen LogP contribution in [-0.4, -0.2) is 27.9 Å². The minimum absolute atomic E-state index is 0.0218. The highest BCUT2D eigenvalue weighted by Crippen LogP contribution is 2.11. The van der Waals surface area contributed by atoms with Crippen LogP contribution in [0.3, 0.4) is 0 Å². The van der Waals surface area contributed by atoms with E-state index >= 15 is 0 Å². The van der Waals surface area contributed by atoms with Crippen LogP contribution in [0.25, 0.3) is 11.0 Å². The maximum Gasteiger partial charge on any atom is 0.234 e. The summed E-state index contributed by atoms with van der Waals surface area (Å²) < 4.78 is 2.09. The molecule has 0 aliphatic rings. The number of nitrogens with zero attached hydrogens (tertiary/aromatic N) is 2. The first-order valence-electron chi connectivity index (χ1n) is 5.54. The Morgan fingerprint density at radius 2 is 2.24 bits per heavy atom. The molecule has 1 N–H and O–H groups in total. The Morgan fingerprint density at radius 1 is 1.41 bits per heavy atom. The van der Waals surface area contributed by atoms with E-state index in [1.54, 1.807) is 0 Å². The summed E-state index contributed by atoms with van der Waals surface area (Å²) in [6.45, 7) is 1.47. The van der Waals surface area contributed by atoms with Gasteiger partial charge in [0.2, 0.25) is 5.91 Å². The van der Waals surface area contributed by atoms with Gasteiger partial charge in [0.05, 0.1) is 17.4 Å². The molecule has 0 atom stereocenters. The third-order valence-corrected chi connectivity index (χ3v) is 2.79. The number of halogens is 1. The van der Waals surface area contributed by atoms with Gasteiger partial charge in [-0.25, -0.2) is 4.98 Å². The van der Waals surface area contributed by atoms with Gasteiger partial charge in [-0.15, -0.1) is 11.6 Å². The number of para-hydroxylation sites is 2. The fourth-order valence-electron chi connectivity index (χ4n) is 1.71. The summed E-state index contributed by atoms with van der Waals surface area (Å²) in [6, 6.07) is 8.00. The van der Waals surface area contributed by atoms with Crippen molar-refractivity contribution in [2.75, 3.05) is 12.4 Å². The summed E-state index contributed by atoms with van der Waals surface area (Å²) in [7, 11) is 0. The van der Waals surface area contributed by atoms with Gasteiger partial charge in [0.25, 0.3) is 0 Å². The Bertz CT molecular complexity index is 509. The molecule has 0 saturated heterocycles. The Morgan fingerprint density at radius 3 is 3.06 bits per heavy atom. The van der Waals surface area contributed by atoms with Crippen molar-refractivity contribution in [2.24, 2.45) is 0 Å². The first-order chi connectivity index (χ1) is 8.31. The number of carbonyl (C=O) groups is 1. The Labute approximate surface area is 105 Å². The Hall–Kier alpha value is -1.55. The van der Waals surface area contributed by atoms with Crippen LogP contribution in [0.5, 0.6) is 0 Å². The van der Waals surface area contributed by atoms with Crippen LogP contribution in [0.2, 0.25) is 0 Å². The molecule has 1 heterocycles. The number of benzene rings is 1. The van der Waals surface area contributed by atoms with E-state index < -0.39 is 0 Å². The van der Waals surface area contributed by atoms with Crippen LogP contribution in [0, 0.1) is 0 Å². The van der Waals surface area contributed by atoms with Crippen LogP contribution in [0.1, 0.15) is 6.42 Å². The Balaban J connectivity index is 1.89. The number of imidazole rings is 1. The van der Waals surface area contributed by atoms with Gasteiger partial charge in [-0.3, -0.25) is 4.79 Å². The van der Waals surface area contributed by atoms with E-state index in [1.165, 1.54) is 0 Å². The van der Waals surface area contributed by atoms with Gasteiger partial charge in [-0.05, 0) is 18.6 Å². The summed E-state index contributed by atoms with van der Waals surface area (Å²) in [6.07, 6.45) is 2.69. The third kappa shape index (κ3) is 2.97. The number of aryl methyl sites for hydroxylation is 1. The summed E-state index contributed by atoms with van der Waals surface area (Å²) in [5.74, 6) is -0.101. The van der Waals surface area contributed by atoms with Crippen molar-refractivity contribution < 1.29 is 4.79 Å². The number of amides is 1. The van der Waals surface area contributed by atoms with E-state index in [4.69, 9.17) is 11.6 Å². The molecule has 1 amide bonds. The number of hydrogen-bond acceptors (Lipinski definition) is 2. The van der Waals surface area contributed by atoms with Gasteiger partial charge < -0.3 is 9.88 Å². The predicted octanol–water partition coefficient (Wildman–Crippen LogP) is 1.78. The molecule has 0 aliphatic carbocycles. The lowest BCUT2D eigenvalue weighted by Crippen LogP contribution is -2.26. The highest BCUT2D eigenvalue weighted by atomic mass is 35.5. The van der Waals surface area contributed by atoms with E-state index in [2.05, 4.69) is 14.9 Å². The molecule has 0 spiro atoms. The molecule has 2 rings (SSSR count). The number of aromatic nitrogens is 2. The number of hydrogen-bond donors (Lipinski definition) is 1. The maximum atomic E-state index is 10.9. The van der Waals surface area contributed by atoms with Crippen LogP contribution < -0.4 is 5.32 Å². The van der Waals surface area contributed by atoms with Gasteiger partial charge in [-0.2, -0.15) is 0 Å². The quantitative estimate of drug-likeness (QED) is 0.651. The van der Waals surface area contributed by atoms with Crippen molar-refractivity contribution in [3.05, 3.63) is 30.6 Å². The minimum atomic E-state index is -0.123. The third-order valence-electron chi connectivity index (χ3n) is 2.55. The zero-order valence-corrected chi connectivity index (χ0v) is 10.2.